The van der Waals surface area contributed by atoms with E-state index in [1.807, 2.05) is 10.7 Å². The van der Waals surface area contributed by atoms with Crippen LogP contribution in [0.3, 0.4) is 0 Å². The molecule has 1 aromatic carbocycles. The summed E-state index contributed by atoms with van der Waals surface area (Å²) in [5, 5.41) is 5.22. The van der Waals surface area contributed by atoms with Gasteiger partial charge in [0, 0.05) is 49.2 Å². The average Bonchev–Trinajstić information content (AvgIpc) is 3.14. The molecule has 158 valence electrons. The predicted molar refractivity (Wildman–Crippen MR) is 117 cm³/mol. The summed E-state index contributed by atoms with van der Waals surface area (Å²) in [5.74, 6) is 0.907. The lowest BCUT2D eigenvalue weighted by Gasteiger charge is -2.35. The van der Waals surface area contributed by atoms with E-state index >= 15 is 0 Å². The molecule has 0 unspecified atom stereocenters. The Morgan fingerprint density at radius 3 is 2.63 bits per heavy atom. The van der Waals surface area contributed by atoms with Crippen molar-refractivity contribution in [3.8, 4) is 0 Å². The third-order valence-corrected chi connectivity index (χ3v) is 8.63. The molecule has 1 aliphatic heterocycles. The molecule has 9 heteroatoms. The van der Waals surface area contributed by atoms with Crippen LogP contribution in [0.25, 0.3) is 5.52 Å². The molecule has 0 amide bonds. The Bertz CT molecular complexity index is 1220. The summed E-state index contributed by atoms with van der Waals surface area (Å²) in [6, 6.07) is 5.03. The van der Waals surface area contributed by atoms with E-state index in [-0.39, 0.29) is 4.90 Å². The number of rotatable bonds is 3. The van der Waals surface area contributed by atoms with Crippen molar-refractivity contribution in [1.29, 1.82) is 0 Å². The quantitative estimate of drug-likeness (QED) is 0.619. The first-order valence-electron chi connectivity index (χ1n) is 10.3. The van der Waals surface area contributed by atoms with Crippen molar-refractivity contribution in [3.63, 3.8) is 0 Å². The van der Waals surface area contributed by atoms with Gasteiger partial charge in [0.05, 0.1) is 10.6 Å². The SMILES string of the molecule is Cc1c(Cl)cccc1S(=O)(=O)N1CCN(c2nccn3nc4c(c23)CCCC4)CC1. The minimum Gasteiger partial charge on any atom is -0.352 e. The number of aryl methyl sites for hydroxylation is 2. The maximum Gasteiger partial charge on any atom is 0.243 e. The van der Waals surface area contributed by atoms with Crippen molar-refractivity contribution in [2.45, 2.75) is 37.5 Å². The Balaban J connectivity index is 1.42. The Morgan fingerprint density at radius 1 is 1.07 bits per heavy atom. The van der Waals surface area contributed by atoms with Gasteiger partial charge in [-0.1, -0.05) is 17.7 Å². The van der Waals surface area contributed by atoms with E-state index in [1.54, 1.807) is 35.6 Å². The first-order chi connectivity index (χ1) is 14.5. The average molecular weight is 446 g/mol. The van der Waals surface area contributed by atoms with Crippen molar-refractivity contribution in [2.24, 2.45) is 0 Å². The molecule has 1 fully saturated rings. The summed E-state index contributed by atoms with van der Waals surface area (Å²) in [5.41, 5.74) is 4.15. The van der Waals surface area contributed by atoms with E-state index in [0.29, 0.717) is 36.8 Å². The van der Waals surface area contributed by atoms with E-state index in [1.165, 1.54) is 24.1 Å². The van der Waals surface area contributed by atoms with Crippen molar-refractivity contribution in [1.82, 2.24) is 18.9 Å². The smallest absolute Gasteiger partial charge is 0.243 e. The van der Waals surface area contributed by atoms with Crippen LogP contribution in [0.4, 0.5) is 5.82 Å². The highest BCUT2D eigenvalue weighted by molar-refractivity contribution is 7.89. The van der Waals surface area contributed by atoms with Crippen LogP contribution in [0.5, 0.6) is 0 Å². The normalized spacial score (nSPS) is 18.0. The number of fused-ring (bicyclic) bond motifs is 3. The molecule has 1 aliphatic carbocycles. The lowest BCUT2D eigenvalue weighted by molar-refractivity contribution is 0.384. The molecule has 2 aromatic heterocycles. The molecule has 1 saturated heterocycles. The summed E-state index contributed by atoms with van der Waals surface area (Å²) in [6.45, 7) is 3.75. The first kappa shape index (κ1) is 19.8. The highest BCUT2D eigenvalue weighted by Gasteiger charge is 2.31. The Hall–Kier alpha value is -2.16. The van der Waals surface area contributed by atoms with Gasteiger partial charge in [-0.25, -0.2) is 17.9 Å². The molecular formula is C21H24ClN5O2S. The van der Waals surface area contributed by atoms with Crippen LogP contribution < -0.4 is 4.90 Å². The minimum atomic E-state index is -3.58. The molecule has 0 radical (unpaired) electrons. The fraction of sp³-hybridized carbons (Fsp3) is 0.429. The van der Waals surface area contributed by atoms with Crippen LogP contribution in [-0.4, -0.2) is 53.5 Å². The molecule has 30 heavy (non-hydrogen) atoms. The fourth-order valence-corrected chi connectivity index (χ4v) is 6.42. The number of nitrogens with zero attached hydrogens (tertiary/aromatic N) is 5. The molecule has 2 aliphatic rings. The largest absolute Gasteiger partial charge is 0.352 e. The van der Waals surface area contributed by atoms with Crippen LogP contribution in [-0.2, 0) is 22.9 Å². The van der Waals surface area contributed by atoms with Crippen molar-refractivity contribution in [3.05, 3.63) is 52.4 Å². The molecule has 0 atom stereocenters. The van der Waals surface area contributed by atoms with Gasteiger partial charge < -0.3 is 4.90 Å². The Morgan fingerprint density at radius 2 is 1.83 bits per heavy atom. The lowest BCUT2D eigenvalue weighted by Crippen LogP contribution is -2.49. The number of sulfonamides is 1. The van der Waals surface area contributed by atoms with Gasteiger partial charge in [-0.3, -0.25) is 0 Å². The Labute approximate surface area is 181 Å². The standard InChI is InChI=1S/C21H24ClN5O2S/c1-15-17(22)6-4-8-19(15)30(28,29)26-13-11-25(12-14-26)21-20-16-5-2-3-7-18(16)24-27(20)10-9-23-21/h4,6,8-10H,2-3,5,7,11-14H2,1H3. The van der Waals surface area contributed by atoms with Crippen molar-refractivity contribution < 1.29 is 8.42 Å². The van der Waals surface area contributed by atoms with Crippen LogP contribution >= 0.6 is 11.6 Å². The second-order valence-corrected chi connectivity index (χ2v) is 10.2. The molecule has 3 heterocycles. The molecule has 5 rings (SSSR count). The zero-order valence-electron chi connectivity index (χ0n) is 16.9. The van der Waals surface area contributed by atoms with Gasteiger partial charge in [-0.05, 0) is 50.3 Å². The molecule has 3 aromatic rings. The summed E-state index contributed by atoms with van der Waals surface area (Å²) in [6.07, 6.45) is 8.08. The third-order valence-electron chi connectivity index (χ3n) is 6.17. The molecule has 0 saturated carbocycles. The number of hydrogen-bond acceptors (Lipinski definition) is 5. The van der Waals surface area contributed by atoms with Gasteiger partial charge >= 0.3 is 0 Å². The summed E-state index contributed by atoms with van der Waals surface area (Å²) >= 11 is 6.16. The van der Waals surface area contributed by atoms with Gasteiger partial charge in [0.1, 0.15) is 5.52 Å². The van der Waals surface area contributed by atoms with Crippen molar-refractivity contribution in [2.75, 3.05) is 31.1 Å². The number of piperazine rings is 1. The minimum absolute atomic E-state index is 0.286. The van der Waals surface area contributed by atoms with E-state index in [0.717, 1.165) is 24.2 Å². The third kappa shape index (κ3) is 3.18. The van der Waals surface area contributed by atoms with Crippen LogP contribution in [0.2, 0.25) is 5.02 Å². The predicted octanol–water partition coefficient (Wildman–Crippen LogP) is 3.08. The number of halogens is 1. The van der Waals surface area contributed by atoms with Gasteiger partial charge in [-0.2, -0.15) is 9.40 Å². The first-order valence-corrected chi connectivity index (χ1v) is 12.1. The topological polar surface area (TPSA) is 70.8 Å². The fourth-order valence-electron chi connectivity index (χ4n) is 4.52. The number of hydrogen-bond donors (Lipinski definition) is 0. The maximum atomic E-state index is 13.2. The van der Waals surface area contributed by atoms with Gasteiger partial charge in [0.25, 0.3) is 0 Å². The summed E-state index contributed by atoms with van der Waals surface area (Å²) in [7, 11) is -3.58. The van der Waals surface area contributed by atoms with Gasteiger partial charge in [0.15, 0.2) is 5.82 Å². The van der Waals surface area contributed by atoms with Crippen LogP contribution in [0, 0.1) is 6.92 Å². The molecule has 7 nitrogen and oxygen atoms in total. The monoisotopic (exact) mass is 445 g/mol. The van der Waals surface area contributed by atoms with Gasteiger partial charge in [-0.15, -0.1) is 0 Å². The summed E-state index contributed by atoms with van der Waals surface area (Å²) < 4.78 is 29.9. The maximum absolute atomic E-state index is 13.2. The lowest BCUT2D eigenvalue weighted by atomic mass is 9.97. The zero-order valence-corrected chi connectivity index (χ0v) is 18.5. The zero-order chi connectivity index (χ0) is 20.9. The summed E-state index contributed by atoms with van der Waals surface area (Å²) in [4.78, 5) is 7.13. The highest BCUT2D eigenvalue weighted by atomic mass is 35.5. The van der Waals surface area contributed by atoms with E-state index < -0.39 is 10.0 Å². The molecule has 0 bridgehead atoms. The second-order valence-electron chi connectivity index (χ2n) is 7.93. The molecule has 0 spiro atoms. The van der Waals surface area contributed by atoms with Crippen LogP contribution in [0.15, 0.2) is 35.5 Å². The Kier molecular flexibility index (Phi) is 4.95. The number of anilines is 1. The molecular weight excluding hydrogens is 422 g/mol. The highest BCUT2D eigenvalue weighted by Crippen LogP contribution is 2.31. The van der Waals surface area contributed by atoms with E-state index in [9.17, 15) is 8.42 Å². The molecule has 0 N–H and O–H groups in total. The van der Waals surface area contributed by atoms with Crippen LogP contribution in [0.1, 0.15) is 29.7 Å². The van der Waals surface area contributed by atoms with E-state index in [2.05, 4.69) is 9.88 Å². The number of benzene rings is 1. The van der Waals surface area contributed by atoms with Crippen molar-refractivity contribution >= 4 is 33.0 Å². The van der Waals surface area contributed by atoms with E-state index in [4.69, 9.17) is 16.7 Å². The number of aromatic nitrogens is 3. The van der Waals surface area contributed by atoms with Gasteiger partial charge in [0.2, 0.25) is 10.0 Å². The second kappa shape index (κ2) is 7.51.